The zero-order valence-electron chi connectivity index (χ0n) is 14.0. The van der Waals surface area contributed by atoms with Gasteiger partial charge < -0.3 is 10.6 Å². The molecule has 0 saturated heterocycles. The molecular weight excluding hydrogens is 348 g/mol. The van der Waals surface area contributed by atoms with Crippen LogP contribution in [0.25, 0.3) is 0 Å². The number of carbonyl (C=O) groups is 1. The molecule has 128 valence electrons. The van der Waals surface area contributed by atoms with Crippen molar-refractivity contribution in [1.82, 2.24) is 4.98 Å². The maximum absolute atomic E-state index is 12.5. The molecule has 0 aliphatic carbocycles. The highest BCUT2D eigenvalue weighted by Crippen LogP contribution is 2.23. The van der Waals surface area contributed by atoms with Gasteiger partial charge in [-0.1, -0.05) is 17.7 Å². The van der Waals surface area contributed by atoms with Crippen molar-refractivity contribution >= 4 is 34.7 Å². The molecule has 2 aromatic carbocycles. The van der Waals surface area contributed by atoms with Crippen molar-refractivity contribution in [3.8, 4) is 6.07 Å². The zero-order valence-corrected chi connectivity index (χ0v) is 14.7. The van der Waals surface area contributed by atoms with Crippen molar-refractivity contribution in [3.63, 3.8) is 0 Å². The summed E-state index contributed by atoms with van der Waals surface area (Å²) in [7, 11) is 0. The van der Waals surface area contributed by atoms with Crippen LogP contribution in [-0.4, -0.2) is 10.9 Å². The number of nitrogens with one attached hydrogen (secondary N) is 2. The highest BCUT2D eigenvalue weighted by molar-refractivity contribution is 6.30. The van der Waals surface area contributed by atoms with Gasteiger partial charge in [0.05, 0.1) is 11.6 Å². The van der Waals surface area contributed by atoms with Crippen LogP contribution in [0.5, 0.6) is 0 Å². The fourth-order valence-corrected chi connectivity index (χ4v) is 2.64. The molecule has 0 spiro atoms. The van der Waals surface area contributed by atoms with Crippen molar-refractivity contribution < 1.29 is 4.79 Å². The molecule has 0 radical (unpaired) electrons. The summed E-state index contributed by atoms with van der Waals surface area (Å²) in [5.74, 6) is 0.271. The van der Waals surface area contributed by atoms with Crippen molar-refractivity contribution in [2.45, 2.75) is 6.92 Å². The minimum atomic E-state index is -0.279. The maximum Gasteiger partial charge on any atom is 0.255 e. The third kappa shape index (κ3) is 4.18. The summed E-state index contributed by atoms with van der Waals surface area (Å²) in [4.78, 5) is 16.7. The molecule has 26 heavy (non-hydrogen) atoms. The number of hydrogen-bond acceptors (Lipinski definition) is 4. The standard InChI is InChI=1S/C20H15ClN4O/c1-13-9-16(21)5-6-18(13)25-19-11-15(7-8-23-19)20(26)24-17-4-2-3-14(10-17)12-22/h2-11H,1H3,(H,23,25)(H,24,26). The summed E-state index contributed by atoms with van der Waals surface area (Å²) in [5.41, 5.74) is 3.34. The molecule has 6 heteroatoms. The van der Waals surface area contributed by atoms with Gasteiger partial charge in [-0.25, -0.2) is 4.98 Å². The lowest BCUT2D eigenvalue weighted by Gasteiger charge is -2.10. The molecule has 0 aliphatic heterocycles. The molecular formula is C20H15ClN4O. The summed E-state index contributed by atoms with van der Waals surface area (Å²) < 4.78 is 0. The minimum absolute atomic E-state index is 0.279. The van der Waals surface area contributed by atoms with E-state index in [1.165, 1.54) is 0 Å². The Morgan fingerprint density at radius 1 is 1.15 bits per heavy atom. The molecule has 0 fully saturated rings. The topological polar surface area (TPSA) is 77.8 Å². The van der Waals surface area contributed by atoms with Crippen molar-refractivity contribution in [2.24, 2.45) is 0 Å². The Labute approximate surface area is 156 Å². The summed E-state index contributed by atoms with van der Waals surface area (Å²) in [6, 6.07) is 17.6. The molecule has 2 N–H and O–H groups in total. The average Bonchev–Trinajstić information content (AvgIpc) is 2.64. The fraction of sp³-hybridized carbons (Fsp3) is 0.0500. The van der Waals surface area contributed by atoms with E-state index in [0.717, 1.165) is 11.3 Å². The molecule has 3 aromatic rings. The smallest absolute Gasteiger partial charge is 0.255 e. The highest BCUT2D eigenvalue weighted by Gasteiger charge is 2.09. The fourth-order valence-electron chi connectivity index (χ4n) is 2.42. The second kappa shape index (κ2) is 7.68. The second-order valence-electron chi connectivity index (χ2n) is 5.66. The molecule has 0 aliphatic rings. The molecule has 1 heterocycles. The quantitative estimate of drug-likeness (QED) is 0.691. The van der Waals surface area contributed by atoms with Gasteiger partial charge in [0, 0.05) is 28.2 Å². The van der Waals surface area contributed by atoms with Gasteiger partial charge in [-0.2, -0.15) is 5.26 Å². The Bertz CT molecular complexity index is 1010. The molecule has 0 unspecified atom stereocenters. The van der Waals surface area contributed by atoms with Crippen LogP contribution < -0.4 is 10.6 Å². The normalized spacial score (nSPS) is 10.0. The van der Waals surface area contributed by atoms with E-state index in [2.05, 4.69) is 15.6 Å². The largest absolute Gasteiger partial charge is 0.340 e. The van der Waals surface area contributed by atoms with E-state index in [1.54, 1.807) is 48.7 Å². The predicted octanol–water partition coefficient (Wildman–Crippen LogP) is 4.91. The van der Waals surface area contributed by atoms with E-state index in [4.69, 9.17) is 16.9 Å². The number of hydrogen-bond donors (Lipinski definition) is 2. The number of aryl methyl sites for hydroxylation is 1. The van der Waals surface area contributed by atoms with E-state index in [0.29, 0.717) is 27.7 Å². The van der Waals surface area contributed by atoms with Crippen LogP contribution in [0.1, 0.15) is 21.5 Å². The lowest BCUT2D eigenvalue weighted by Crippen LogP contribution is -2.12. The van der Waals surface area contributed by atoms with Crippen LogP contribution in [0.4, 0.5) is 17.2 Å². The third-order valence-corrected chi connectivity index (χ3v) is 3.96. The van der Waals surface area contributed by atoms with Gasteiger partial charge in [-0.15, -0.1) is 0 Å². The number of carbonyl (C=O) groups excluding carboxylic acids is 1. The summed E-state index contributed by atoms with van der Waals surface area (Å²) in [6.45, 7) is 1.94. The number of pyridine rings is 1. The third-order valence-electron chi connectivity index (χ3n) is 3.72. The molecule has 0 atom stereocenters. The van der Waals surface area contributed by atoms with Crippen LogP contribution in [-0.2, 0) is 0 Å². The molecule has 0 saturated carbocycles. The van der Waals surface area contributed by atoms with Gasteiger partial charge in [0.15, 0.2) is 0 Å². The average molecular weight is 363 g/mol. The Morgan fingerprint density at radius 3 is 2.77 bits per heavy atom. The van der Waals surface area contributed by atoms with Gasteiger partial charge in [-0.05, 0) is 61.0 Å². The monoisotopic (exact) mass is 362 g/mol. The first-order valence-electron chi connectivity index (χ1n) is 7.86. The van der Waals surface area contributed by atoms with E-state index >= 15 is 0 Å². The van der Waals surface area contributed by atoms with Crippen LogP contribution in [0, 0.1) is 18.3 Å². The van der Waals surface area contributed by atoms with Gasteiger partial charge in [0.2, 0.25) is 0 Å². The number of benzene rings is 2. The van der Waals surface area contributed by atoms with Gasteiger partial charge in [0.1, 0.15) is 5.82 Å². The summed E-state index contributed by atoms with van der Waals surface area (Å²) >= 11 is 5.97. The van der Waals surface area contributed by atoms with Gasteiger partial charge >= 0.3 is 0 Å². The first kappa shape index (κ1) is 17.5. The molecule has 1 aromatic heterocycles. The van der Waals surface area contributed by atoms with Crippen molar-refractivity contribution in [2.75, 3.05) is 10.6 Å². The Hall–Kier alpha value is -3.36. The highest BCUT2D eigenvalue weighted by atomic mass is 35.5. The van der Waals surface area contributed by atoms with Crippen LogP contribution in [0.15, 0.2) is 60.8 Å². The van der Waals surface area contributed by atoms with Gasteiger partial charge in [0.25, 0.3) is 5.91 Å². The van der Waals surface area contributed by atoms with E-state index in [1.807, 2.05) is 25.1 Å². The molecule has 0 bridgehead atoms. The lowest BCUT2D eigenvalue weighted by molar-refractivity contribution is 0.102. The van der Waals surface area contributed by atoms with E-state index < -0.39 is 0 Å². The first-order chi connectivity index (χ1) is 12.5. The predicted molar refractivity (Wildman–Crippen MR) is 103 cm³/mol. The maximum atomic E-state index is 12.5. The summed E-state index contributed by atoms with van der Waals surface area (Å²) in [5, 5.41) is 15.6. The number of anilines is 3. The van der Waals surface area contributed by atoms with Crippen molar-refractivity contribution in [3.05, 3.63) is 82.5 Å². The van der Waals surface area contributed by atoms with Gasteiger partial charge in [-0.3, -0.25) is 4.79 Å². The zero-order chi connectivity index (χ0) is 18.5. The molecule has 1 amide bonds. The lowest BCUT2D eigenvalue weighted by atomic mass is 10.2. The summed E-state index contributed by atoms with van der Waals surface area (Å²) in [6.07, 6.45) is 1.56. The van der Waals surface area contributed by atoms with Crippen LogP contribution in [0.3, 0.4) is 0 Å². The SMILES string of the molecule is Cc1cc(Cl)ccc1Nc1cc(C(=O)Nc2cccc(C#N)c2)ccn1. The van der Waals surface area contributed by atoms with E-state index in [9.17, 15) is 4.79 Å². The Balaban J connectivity index is 1.78. The number of amides is 1. The number of nitrogens with zero attached hydrogens (tertiary/aromatic N) is 2. The molecule has 5 nitrogen and oxygen atoms in total. The second-order valence-corrected chi connectivity index (χ2v) is 6.10. The number of halogens is 1. The van der Waals surface area contributed by atoms with E-state index in [-0.39, 0.29) is 5.91 Å². The number of nitriles is 1. The van der Waals surface area contributed by atoms with Crippen LogP contribution in [0.2, 0.25) is 5.02 Å². The minimum Gasteiger partial charge on any atom is -0.340 e. The Kier molecular flexibility index (Phi) is 5.16. The van der Waals surface area contributed by atoms with Crippen LogP contribution >= 0.6 is 11.6 Å². The number of rotatable bonds is 4. The molecule has 3 rings (SSSR count). The van der Waals surface area contributed by atoms with Crippen molar-refractivity contribution in [1.29, 1.82) is 5.26 Å². The number of aromatic nitrogens is 1. The Morgan fingerprint density at radius 2 is 2.00 bits per heavy atom. The first-order valence-corrected chi connectivity index (χ1v) is 8.24.